The number of hydrogen-bond donors (Lipinski definition) is 0. The van der Waals surface area contributed by atoms with Gasteiger partial charge in [-0.05, 0) is 61.4 Å². The van der Waals surface area contributed by atoms with E-state index < -0.39 is 16.9 Å². The molecule has 10 nitrogen and oxygen atoms in total. The fourth-order valence-corrected chi connectivity index (χ4v) is 5.72. The Kier molecular flexibility index (Phi) is 8.30. The summed E-state index contributed by atoms with van der Waals surface area (Å²) in [5.74, 6) is 0.615. The van der Waals surface area contributed by atoms with Crippen molar-refractivity contribution in [3.63, 3.8) is 0 Å². The molecule has 1 aliphatic heterocycles. The van der Waals surface area contributed by atoms with Crippen molar-refractivity contribution in [1.82, 2.24) is 4.57 Å². The van der Waals surface area contributed by atoms with E-state index in [9.17, 15) is 19.7 Å². The number of carbonyl (C=O) groups excluding carboxylic acids is 1. The lowest BCUT2D eigenvalue weighted by Crippen LogP contribution is -2.40. The Labute approximate surface area is 244 Å². The Morgan fingerprint density at radius 3 is 2.48 bits per heavy atom. The Morgan fingerprint density at radius 1 is 1.10 bits per heavy atom. The van der Waals surface area contributed by atoms with Crippen LogP contribution in [0.1, 0.15) is 36.6 Å². The summed E-state index contributed by atoms with van der Waals surface area (Å²) < 4.78 is 18.7. The van der Waals surface area contributed by atoms with Gasteiger partial charge in [0.25, 0.3) is 11.2 Å². The van der Waals surface area contributed by atoms with Gasteiger partial charge in [-0.15, -0.1) is 0 Å². The number of allylic oxidation sites excluding steroid dienone is 1. The molecule has 0 amide bonds. The molecule has 11 heteroatoms. The second-order valence-corrected chi connectivity index (χ2v) is 10.3. The summed E-state index contributed by atoms with van der Waals surface area (Å²) in [7, 11) is 1.54. The molecular formula is C31H27N3O7S. The first-order chi connectivity index (χ1) is 20.3. The molecule has 0 bridgehead atoms. The summed E-state index contributed by atoms with van der Waals surface area (Å²) in [6.07, 6.45) is 1.77. The van der Waals surface area contributed by atoms with Crippen LogP contribution in [0.5, 0.6) is 11.5 Å². The maximum Gasteiger partial charge on any atom is 0.338 e. The Hall–Kier alpha value is -5.03. The summed E-state index contributed by atoms with van der Waals surface area (Å²) in [6.45, 7) is 3.90. The Morgan fingerprint density at radius 2 is 1.81 bits per heavy atom. The van der Waals surface area contributed by atoms with Gasteiger partial charge in [-0.2, -0.15) is 0 Å². The molecule has 5 rings (SSSR count). The van der Waals surface area contributed by atoms with Gasteiger partial charge in [0.2, 0.25) is 0 Å². The molecule has 1 aromatic heterocycles. The van der Waals surface area contributed by atoms with Crippen molar-refractivity contribution in [3.8, 4) is 11.5 Å². The van der Waals surface area contributed by atoms with Crippen LogP contribution in [-0.4, -0.2) is 29.2 Å². The average Bonchev–Trinajstić information content (AvgIpc) is 3.30. The van der Waals surface area contributed by atoms with Crippen LogP contribution >= 0.6 is 11.3 Å². The summed E-state index contributed by atoms with van der Waals surface area (Å²) in [4.78, 5) is 42.4. The van der Waals surface area contributed by atoms with Crippen LogP contribution in [0.15, 0.2) is 93.9 Å². The van der Waals surface area contributed by atoms with Crippen LogP contribution in [0, 0.1) is 10.1 Å². The summed E-state index contributed by atoms with van der Waals surface area (Å²) >= 11 is 1.24. The molecule has 214 valence electrons. The van der Waals surface area contributed by atoms with Crippen LogP contribution in [0.4, 0.5) is 5.69 Å². The van der Waals surface area contributed by atoms with Gasteiger partial charge in [0.05, 0.1) is 34.4 Å². The molecule has 0 N–H and O–H groups in total. The molecule has 1 aliphatic rings. The van der Waals surface area contributed by atoms with Crippen LogP contribution in [0.2, 0.25) is 0 Å². The van der Waals surface area contributed by atoms with Gasteiger partial charge in [-0.3, -0.25) is 19.5 Å². The first kappa shape index (κ1) is 28.5. The smallest absolute Gasteiger partial charge is 0.338 e. The highest BCUT2D eigenvalue weighted by Crippen LogP contribution is 2.35. The average molecular weight is 586 g/mol. The maximum absolute atomic E-state index is 13.8. The first-order valence-corrected chi connectivity index (χ1v) is 13.9. The second kappa shape index (κ2) is 12.2. The number of rotatable bonds is 9. The van der Waals surface area contributed by atoms with Gasteiger partial charge in [-0.1, -0.05) is 41.7 Å². The number of nitrogens with zero attached hydrogens (tertiary/aromatic N) is 3. The van der Waals surface area contributed by atoms with Crippen molar-refractivity contribution >= 4 is 29.1 Å². The van der Waals surface area contributed by atoms with Gasteiger partial charge < -0.3 is 14.2 Å². The first-order valence-electron chi connectivity index (χ1n) is 13.1. The molecule has 0 radical (unpaired) electrons. The number of para-hydroxylation sites is 1. The highest BCUT2D eigenvalue weighted by molar-refractivity contribution is 7.07. The zero-order valence-electron chi connectivity index (χ0n) is 23.1. The lowest BCUT2D eigenvalue weighted by Gasteiger charge is -2.25. The predicted octanol–water partition coefficient (Wildman–Crippen LogP) is 4.29. The largest absolute Gasteiger partial charge is 0.496 e. The second-order valence-electron chi connectivity index (χ2n) is 9.33. The van der Waals surface area contributed by atoms with Gasteiger partial charge in [0.1, 0.15) is 24.1 Å². The molecule has 3 aromatic carbocycles. The highest BCUT2D eigenvalue weighted by atomic mass is 32.1. The number of hydrogen-bond acceptors (Lipinski definition) is 9. The minimum Gasteiger partial charge on any atom is -0.496 e. The van der Waals surface area contributed by atoms with Crippen molar-refractivity contribution in [3.05, 3.63) is 131 Å². The zero-order valence-corrected chi connectivity index (χ0v) is 23.9. The van der Waals surface area contributed by atoms with E-state index in [1.165, 1.54) is 28.0 Å². The normalized spacial score (nSPS) is 14.6. The molecule has 0 unspecified atom stereocenters. The number of non-ortho nitro benzene ring substituents is 1. The Bertz CT molecular complexity index is 1860. The number of nitro benzene ring substituents is 1. The standard InChI is InChI=1S/C31H27N3O7S/c1-4-40-30(36)27-19(2)32-31-33(28(27)24-7-5-6-8-25(24)39-3)29(35)26(42-31)17-20-11-15-23(16-12-20)41-18-21-9-13-22(14-10-21)34(37)38/h5-17,28H,4,18H2,1-3H3/b26-17+/t28-/m1/s1. The van der Waals surface area contributed by atoms with E-state index in [1.807, 2.05) is 30.3 Å². The number of carbonyl (C=O) groups is 1. The molecule has 0 spiro atoms. The SMILES string of the molecule is CCOC(=O)C1=C(C)N=c2s/c(=C/c3ccc(OCc4ccc([N+](=O)[O-])cc4)cc3)c(=O)n2[C@@H]1c1ccccc1OC. The fourth-order valence-electron chi connectivity index (χ4n) is 4.67. The molecule has 0 aliphatic carbocycles. The van der Waals surface area contributed by atoms with E-state index >= 15 is 0 Å². The van der Waals surface area contributed by atoms with Gasteiger partial charge >= 0.3 is 5.97 Å². The monoisotopic (exact) mass is 585 g/mol. The molecule has 4 aromatic rings. The molecule has 42 heavy (non-hydrogen) atoms. The number of methoxy groups -OCH3 is 1. The van der Waals surface area contributed by atoms with Gasteiger partial charge in [0, 0.05) is 17.7 Å². The van der Waals surface area contributed by atoms with E-state index in [1.54, 1.807) is 57.4 Å². The number of thiazole rings is 1. The van der Waals surface area contributed by atoms with Gasteiger partial charge in [0.15, 0.2) is 4.80 Å². The number of aromatic nitrogens is 1. The molecular weight excluding hydrogens is 558 g/mol. The minimum atomic E-state index is -0.770. The molecule has 0 saturated carbocycles. The van der Waals surface area contributed by atoms with Crippen LogP contribution in [-0.2, 0) is 16.1 Å². The van der Waals surface area contributed by atoms with Crippen LogP contribution in [0.3, 0.4) is 0 Å². The van der Waals surface area contributed by atoms with E-state index in [2.05, 4.69) is 4.99 Å². The zero-order chi connectivity index (χ0) is 29.8. The third-order valence-electron chi connectivity index (χ3n) is 6.68. The third-order valence-corrected chi connectivity index (χ3v) is 7.66. The van der Waals surface area contributed by atoms with Crippen molar-refractivity contribution < 1.29 is 23.9 Å². The number of nitro groups is 1. The molecule has 2 heterocycles. The Balaban J connectivity index is 1.47. The van der Waals surface area contributed by atoms with E-state index in [4.69, 9.17) is 14.2 Å². The summed E-state index contributed by atoms with van der Waals surface area (Å²) in [6, 6.07) is 19.9. The van der Waals surface area contributed by atoms with E-state index in [0.717, 1.165) is 11.1 Å². The topological polar surface area (TPSA) is 122 Å². The van der Waals surface area contributed by atoms with Crippen molar-refractivity contribution in [2.45, 2.75) is 26.5 Å². The number of esters is 1. The predicted molar refractivity (Wildman–Crippen MR) is 157 cm³/mol. The molecule has 0 saturated heterocycles. The lowest BCUT2D eigenvalue weighted by molar-refractivity contribution is -0.384. The number of ether oxygens (including phenoxy) is 3. The van der Waals surface area contributed by atoms with Crippen molar-refractivity contribution in [2.24, 2.45) is 4.99 Å². The van der Waals surface area contributed by atoms with Crippen LogP contribution < -0.4 is 24.4 Å². The fraction of sp³-hybridized carbons (Fsp3) is 0.194. The quantitative estimate of drug-likeness (QED) is 0.163. The third kappa shape index (κ3) is 5.72. The van der Waals surface area contributed by atoms with Crippen molar-refractivity contribution in [1.29, 1.82) is 0 Å². The maximum atomic E-state index is 13.8. The number of benzene rings is 3. The minimum absolute atomic E-state index is 0.0230. The van der Waals surface area contributed by atoms with E-state index in [0.29, 0.717) is 32.1 Å². The molecule has 0 fully saturated rings. The lowest BCUT2D eigenvalue weighted by atomic mass is 9.95. The number of fused-ring (bicyclic) bond motifs is 1. The van der Waals surface area contributed by atoms with Crippen LogP contribution in [0.25, 0.3) is 6.08 Å². The van der Waals surface area contributed by atoms with Gasteiger partial charge in [-0.25, -0.2) is 9.79 Å². The summed E-state index contributed by atoms with van der Waals surface area (Å²) in [5.41, 5.74) is 2.73. The highest BCUT2D eigenvalue weighted by Gasteiger charge is 2.34. The summed E-state index contributed by atoms with van der Waals surface area (Å²) in [5, 5.41) is 10.8. The van der Waals surface area contributed by atoms with Crippen molar-refractivity contribution in [2.75, 3.05) is 13.7 Å². The van der Waals surface area contributed by atoms with E-state index in [-0.39, 0.29) is 30.0 Å². The molecule has 1 atom stereocenters.